The number of nitrogens with zero attached hydrogens (tertiary/aromatic N) is 2. The molecule has 1 fully saturated rings. The summed E-state index contributed by atoms with van der Waals surface area (Å²) in [6.45, 7) is 9.21. The van der Waals surface area contributed by atoms with Crippen molar-refractivity contribution in [2.45, 2.75) is 26.7 Å². The van der Waals surface area contributed by atoms with Crippen LogP contribution >= 0.6 is 0 Å². The SMILES string of the molecule is C/C=C\C=C(/C)N1CCN(CCCC(=O)Nc2ccc3c(c2)NC(=O)CO3)CC1. The number of rotatable bonds is 7. The Balaban J connectivity index is 1.38. The van der Waals surface area contributed by atoms with Gasteiger partial charge in [0.25, 0.3) is 5.91 Å². The van der Waals surface area contributed by atoms with Crippen LogP contribution in [0.4, 0.5) is 11.4 Å². The topological polar surface area (TPSA) is 73.9 Å². The van der Waals surface area contributed by atoms with Crippen LogP contribution in [0.2, 0.25) is 0 Å². The fraction of sp³-hybridized carbons (Fsp3) is 0.455. The lowest BCUT2D eigenvalue weighted by molar-refractivity contribution is -0.118. The van der Waals surface area contributed by atoms with Gasteiger partial charge in [0, 0.05) is 44.0 Å². The number of carbonyl (C=O) groups is 2. The molecule has 1 aromatic rings. The van der Waals surface area contributed by atoms with E-state index in [1.807, 2.05) is 13.0 Å². The highest BCUT2D eigenvalue weighted by Gasteiger charge is 2.18. The van der Waals surface area contributed by atoms with Crippen molar-refractivity contribution in [2.75, 3.05) is 50.0 Å². The molecule has 156 valence electrons. The molecule has 3 rings (SSSR count). The van der Waals surface area contributed by atoms with E-state index in [9.17, 15) is 9.59 Å². The molecule has 0 bridgehead atoms. The number of hydrogen-bond acceptors (Lipinski definition) is 5. The van der Waals surface area contributed by atoms with Crippen molar-refractivity contribution in [2.24, 2.45) is 0 Å². The molecule has 2 amide bonds. The van der Waals surface area contributed by atoms with Gasteiger partial charge in [-0.25, -0.2) is 0 Å². The first-order valence-electron chi connectivity index (χ1n) is 10.2. The summed E-state index contributed by atoms with van der Waals surface area (Å²) in [6, 6.07) is 5.28. The van der Waals surface area contributed by atoms with Gasteiger partial charge < -0.3 is 20.3 Å². The monoisotopic (exact) mass is 398 g/mol. The molecule has 1 aromatic carbocycles. The highest BCUT2D eigenvalue weighted by atomic mass is 16.5. The van der Waals surface area contributed by atoms with Crippen molar-refractivity contribution >= 4 is 23.2 Å². The highest BCUT2D eigenvalue weighted by molar-refractivity contribution is 5.97. The Morgan fingerprint density at radius 3 is 2.83 bits per heavy atom. The van der Waals surface area contributed by atoms with Crippen molar-refractivity contribution in [3.63, 3.8) is 0 Å². The van der Waals surface area contributed by atoms with Crippen LogP contribution in [-0.2, 0) is 9.59 Å². The maximum Gasteiger partial charge on any atom is 0.262 e. The van der Waals surface area contributed by atoms with Crippen LogP contribution < -0.4 is 15.4 Å². The van der Waals surface area contributed by atoms with Crippen molar-refractivity contribution in [3.05, 3.63) is 42.1 Å². The second-order valence-corrected chi connectivity index (χ2v) is 7.36. The quantitative estimate of drug-likeness (QED) is 0.691. The van der Waals surface area contributed by atoms with Crippen LogP contribution in [-0.4, -0.2) is 60.9 Å². The van der Waals surface area contributed by atoms with Gasteiger partial charge in [0.2, 0.25) is 5.91 Å². The van der Waals surface area contributed by atoms with Gasteiger partial charge in [-0.3, -0.25) is 14.5 Å². The minimum atomic E-state index is -0.186. The van der Waals surface area contributed by atoms with Crippen LogP contribution in [0.5, 0.6) is 5.75 Å². The molecule has 0 aliphatic carbocycles. The third-order valence-electron chi connectivity index (χ3n) is 5.18. The zero-order valence-corrected chi connectivity index (χ0v) is 17.2. The number of anilines is 2. The Morgan fingerprint density at radius 2 is 2.07 bits per heavy atom. The normalized spacial score (nSPS) is 17.7. The zero-order chi connectivity index (χ0) is 20.6. The Bertz CT molecular complexity index is 795. The van der Waals surface area contributed by atoms with E-state index in [2.05, 4.69) is 39.5 Å². The Kier molecular flexibility index (Phi) is 7.30. The van der Waals surface area contributed by atoms with Crippen LogP contribution in [0.25, 0.3) is 0 Å². The number of hydrogen-bond donors (Lipinski definition) is 2. The summed E-state index contributed by atoms with van der Waals surface area (Å²) < 4.78 is 5.33. The summed E-state index contributed by atoms with van der Waals surface area (Å²) >= 11 is 0. The third kappa shape index (κ3) is 6.09. The molecule has 0 atom stereocenters. The van der Waals surface area contributed by atoms with Crippen molar-refractivity contribution in [3.8, 4) is 5.75 Å². The fourth-order valence-electron chi connectivity index (χ4n) is 3.51. The second-order valence-electron chi connectivity index (χ2n) is 7.36. The lowest BCUT2D eigenvalue weighted by atomic mass is 10.2. The lowest BCUT2D eigenvalue weighted by Gasteiger charge is -2.36. The molecule has 7 nitrogen and oxygen atoms in total. The van der Waals surface area contributed by atoms with Crippen molar-refractivity contribution in [1.29, 1.82) is 0 Å². The van der Waals surface area contributed by atoms with Gasteiger partial charge in [0.1, 0.15) is 5.75 Å². The van der Waals surface area contributed by atoms with E-state index >= 15 is 0 Å². The van der Waals surface area contributed by atoms with Gasteiger partial charge >= 0.3 is 0 Å². The standard InChI is InChI=1S/C22H30N4O3/c1-3-4-6-17(2)26-13-11-25(12-14-26)10-5-7-21(27)23-18-8-9-20-19(15-18)24-22(28)16-29-20/h3-4,6,8-9,15H,5,7,10-14,16H2,1-2H3,(H,23,27)(H,24,28)/b4-3-,17-6+. The van der Waals surface area contributed by atoms with Gasteiger partial charge in [-0.05, 0) is 51.1 Å². The minimum Gasteiger partial charge on any atom is -0.482 e. The predicted molar refractivity (Wildman–Crippen MR) is 115 cm³/mol. The molecule has 2 heterocycles. The summed E-state index contributed by atoms with van der Waals surface area (Å²) in [4.78, 5) is 28.5. The number of piperazine rings is 1. The molecule has 0 unspecified atom stereocenters. The molecule has 1 saturated heterocycles. The van der Waals surface area contributed by atoms with Crippen LogP contribution in [0, 0.1) is 0 Å². The lowest BCUT2D eigenvalue weighted by Crippen LogP contribution is -2.45. The second kappa shape index (κ2) is 10.1. The average Bonchev–Trinajstić information content (AvgIpc) is 2.72. The Hall–Kier alpha value is -2.80. The van der Waals surface area contributed by atoms with Crippen LogP contribution in [0.3, 0.4) is 0 Å². The highest BCUT2D eigenvalue weighted by Crippen LogP contribution is 2.30. The van der Waals surface area contributed by atoms with Gasteiger partial charge in [-0.15, -0.1) is 0 Å². The van der Waals surface area contributed by atoms with E-state index in [1.54, 1.807) is 18.2 Å². The number of ether oxygens (including phenoxy) is 1. The van der Waals surface area contributed by atoms with E-state index < -0.39 is 0 Å². The van der Waals surface area contributed by atoms with Gasteiger partial charge in [-0.1, -0.05) is 12.2 Å². The molecule has 2 aliphatic rings. The molecule has 2 N–H and O–H groups in total. The van der Waals surface area contributed by atoms with E-state index in [-0.39, 0.29) is 18.4 Å². The molecular weight excluding hydrogens is 368 g/mol. The van der Waals surface area contributed by atoms with Gasteiger partial charge in [0.15, 0.2) is 6.61 Å². The number of carbonyl (C=O) groups excluding carboxylic acids is 2. The number of nitrogens with one attached hydrogen (secondary N) is 2. The first-order valence-corrected chi connectivity index (χ1v) is 10.2. The van der Waals surface area contributed by atoms with Crippen LogP contribution in [0.15, 0.2) is 42.1 Å². The number of benzene rings is 1. The predicted octanol–water partition coefficient (Wildman–Crippen LogP) is 2.83. The zero-order valence-electron chi connectivity index (χ0n) is 17.2. The van der Waals surface area contributed by atoms with E-state index in [0.717, 1.165) is 39.1 Å². The van der Waals surface area contributed by atoms with E-state index in [4.69, 9.17) is 4.74 Å². The summed E-state index contributed by atoms with van der Waals surface area (Å²) in [5, 5.41) is 5.65. The van der Waals surface area contributed by atoms with E-state index in [1.165, 1.54) is 5.70 Å². The van der Waals surface area contributed by atoms with Gasteiger partial charge in [-0.2, -0.15) is 0 Å². The first kappa shape index (κ1) is 20.9. The Morgan fingerprint density at radius 1 is 1.28 bits per heavy atom. The van der Waals surface area contributed by atoms with Crippen molar-refractivity contribution < 1.29 is 14.3 Å². The summed E-state index contributed by atoms with van der Waals surface area (Å²) in [6.07, 6.45) is 7.56. The van der Waals surface area contributed by atoms with Crippen LogP contribution in [0.1, 0.15) is 26.7 Å². The average molecular weight is 399 g/mol. The minimum absolute atomic E-state index is 0.0169. The number of amides is 2. The summed E-state index contributed by atoms with van der Waals surface area (Å²) in [5.41, 5.74) is 2.56. The summed E-state index contributed by atoms with van der Waals surface area (Å²) in [5.74, 6) is 0.419. The molecule has 7 heteroatoms. The van der Waals surface area contributed by atoms with E-state index in [0.29, 0.717) is 23.5 Å². The number of fused-ring (bicyclic) bond motifs is 1. The maximum atomic E-state index is 12.3. The molecule has 0 saturated carbocycles. The number of allylic oxidation sites excluding steroid dienone is 4. The molecule has 2 aliphatic heterocycles. The Labute approximate surface area is 172 Å². The third-order valence-corrected chi connectivity index (χ3v) is 5.18. The summed E-state index contributed by atoms with van der Waals surface area (Å²) in [7, 11) is 0. The largest absolute Gasteiger partial charge is 0.482 e. The maximum absolute atomic E-state index is 12.3. The molecule has 0 radical (unpaired) electrons. The first-order chi connectivity index (χ1) is 14.0. The van der Waals surface area contributed by atoms with Crippen molar-refractivity contribution in [1.82, 2.24) is 9.80 Å². The van der Waals surface area contributed by atoms with Gasteiger partial charge in [0.05, 0.1) is 5.69 Å². The fourth-order valence-corrected chi connectivity index (χ4v) is 3.51. The molecular formula is C22H30N4O3. The molecule has 0 aromatic heterocycles. The smallest absolute Gasteiger partial charge is 0.262 e. The molecule has 29 heavy (non-hydrogen) atoms. The molecule has 0 spiro atoms.